The maximum absolute atomic E-state index is 13.2. The van der Waals surface area contributed by atoms with Crippen molar-refractivity contribution in [2.24, 2.45) is 7.05 Å². The summed E-state index contributed by atoms with van der Waals surface area (Å²) in [6, 6.07) is 6.45. The summed E-state index contributed by atoms with van der Waals surface area (Å²) in [6.07, 6.45) is 5.49. The summed E-state index contributed by atoms with van der Waals surface area (Å²) in [5.41, 5.74) is 3.26. The van der Waals surface area contributed by atoms with E-state index in [1.54, 1.807) is 18.3 Å². The Balaban J connectivity index is 2.01. The lowest BCUT2D eigenvalue weighted by Gasteiger charge is -2.03. The Hall–Kier alpha value is -2.77. The Labute approximate surface area is 144 Å². The van der Waals surface area contributed by atoms with E-state index in [9.17, 15) is 4.39 Å². The fraction of sp³-hybridized carbons (Fsp3) is 0.105. The van der Waals surface area contributed by atoms with Crippen LogP contribution in [0.5, 0.6) is 0 Å². The maximum Gasteiger partial charge on any atom is 0.141 e. The standard InChI is InChI=1S/C19H15ClFN3/c1-3-8-22-15-10-16-14(12-24(2)19(16)23-11-15)6-4-13-5-7-18(21)17(20)9-13/h3,5,7,9-12,22H,1,8H2,2H3. The highest BCUT2D eigenvalue weighted by molar-refractivity contribution is 6.30. The van der Waals surface area contributed by atoms with Gasteiger partial charge in [0.1, 0.15) is 11.5 Å². The maximum atomic E-state index is 13.2. The number of rotatable bonds is 3. The summed E-state index contributed by atoms with van der Waals surface area (Å²) in [7, 11) is 1.92. The van der Waals surface area contributed by atoms with Gasteiger partial charge in [0.2, 0.25) is 0 Å². The lowest BCUT2D eigenvalue weighted by atomic mass is 10.1. The summed E-state index contributed by atoms with van der Waals surface area (Å²) in [5, 5.41) is 4.23. The highest BCUT2D eigenvalue weighted by atomic mass is 35.5. The first-order valence-corrected chi connectivity index (χ1v) is 7.73. The number of benzene rings is 1. The van der Waals surface area contributed by atoms with Crippen LogP contribution in [0.1, 0.15) is 11.1 Å². The molecule has 0 fully saturated rings. The summed E-state index contributed by atoms with van der Waals surface area (Å²) in [4.78, 5) is 4.46. The van der Waals surface area contributed by atoms with Crippen LogP contribution in [0.25, 0.3) is 11.0 Å². The molecule has 3 nitrogen and oxygen atoms in total. The van der Waals surface area contributed by atoms with Crippen molar-refractivity contribution >= 4 is 28.3 Å². The van der Waals surface area contributed by atoms with Gasteiger partial charge in [0.15, 0.2) is 0 Å². The van der Waals surface area contributed by atoms with Crippen LogP contribution in [-0.2, 0) is 7.05 Å². The smallest absolute Gasteiger partial charge is 0.141 e. The van der Waals surface area contributed by atoms with Gasteiger partial charge in [-0.3, -0.25) is 0 Å². The monoisotopic (exact) mass is 339 g/mol. The van der Waals surface area contributed by atoms with Crippen LogP contribution in [0.15, 0.2) is 49.3 Å². The number of fused-ring (bicyclic) bond motifs is 1. The topological polar surface area (TPSA) is 29.9 Å². The van der Waals surface area contributed by atoms with Gasteiger partial charge in [-0.1, -0.05) is 29.5 Å². The van der Waals surface area contributed by atoms with E-state index >= 15 is 0 Å². The average molecular weight is 340 g/mol. The quantitative estimate of drug-likeness (QED) is 0.567. The Kier molecular flexibility index (Phi) is 4.54. The number of anilines is 1. The molecule has 3 aromatic rings. The van der Waals surface area contributed by atoms with Gasteiger partial charge in [-0.25, -0.2) is 9.37 Å². The lowest BCUT2D eigenvalue weighted by Crippen LogP contribution is -1.98. The number of aryl methyl sites for hydroxylation is 1. The molecule has 0 bridgehead atoms. The molecule has 0 aliphatic carbocycles. The van der Waals surface area contributed by atoms with Gasteiger partial charge in [-0.15, -0.1) is 6.58 Å². The molecule has 0 aliphatic rings. The van der Waals surface area contributed by atoms with E-state index in [0.717, 1.165) is 22.3 Å². The van der Waals surface area contributed by atoms with Crippen molar-refractivity contribution in [2.45, 2.75) is 0 Å². The van der Waals surface area contributed by atoms with Gasteiger partial charge in [0.05, 0.1) is 22.5 Å². The first kappa shape index (κ1) is 16.1. The van der Waals surface area contributed by atoms with E-state index < -0.39 is 5.82 Å². The number of pyridine rings is 1. The zero-order valence-electron chi connectivity index (χ0n) is 13.1. The molecule has 24 heavy (non-hydrogen) atoms. The molecule has 0 aliphatic heterocycles. The fourth-order valence-electron chi connectivity index (χ4n) is 2.36. The third-order valence-electron chi connectivity index (χ3n) is 3.53. The molecule has 3 rings (SSSR count). The van der Waals surface area contributed by atoms with Gasteiger partial charge >= 0.3 is 0 Å². The van der Waals surface area contributed by atoms with Gasteiger partial charge in [-0.2, -0.15) is 0 Å². The molecule has 0 saturated heterocycles. The predicted molar refractivity (Wildman–Crippen MR) is 96.8 cm³/mol. The third-order valence-corrected chi connectivity index (χ3v) is 3.81. The second-order valence-corrected chi connectivity index (χ2v) is 5.70. The number of hydrogen-bond acceptors (Lipinski definition) is 2. The van der Waals surface area contributed by atoms with Crippen molar-refractivity contribution in [1.82, 2.24) is 9.55 Å². The Morgan fingerprint density at radius 2 is 2.21 bits per heavy atom. The van der Waals surface area contributed by atoms with Crippen LogP contribution in [-0.4, -0.2) is 16.1 Å². The molecule has 0 amide bonds. The molecular weight excluding hydrogens is 325 g/mol. The summed E-state index contributed by atoms with van der Waals surface area (Å²) < 4.78 is 15.1. The first-order valence-electron chi connectivity index (χ1n) is 7.35. The van der Waals surface area contributed by atoms with Crippen LogP contribution >= 0.6 is 11.6 Å². The summed E-state index contributed by atoms with van der Waals surface area (Å²) in [6.45, 7) is 4.35. The van der Waals surface area contributed by atoms with Crippen molar-refractivity contribution in [1.29, 1.82) is 0 Å². The Morgan fingerprint density at radius 3 is 2.96 bits per heavy atom. The SMILES string of the molecule is C=CCNc1cnc2c(c1)c(C#Cc1ccc(F)c(Cl)c1)cn2C. The van der Waals surface area contributed by atoms with E-state index in [-0.39, 0.29) is 5.02 Å². The van der Waals surface area contributed by atoms with Crippen molar-refractivity contribution in [3.05, 3.63) is 71.3 Å². The third kappa shape index (κ3) is 3.27. The molecule has 0 unspecified atom stereocenters. The molecule has 2 heterocycles. The molecule has 0 saturated carbocycles. The number of nitrogens with zero attached hydrogens (tertiary/aromatic N) is 2. The first-order chi connectivity index (χ1) is 11.6. The van der Waals surface area contributed by atoms with Crippen LogP contribution in [0.3, 0.4) is 0 Å². The lowest BCUT2D eigenvalue weighted by molar-refractivity contribution is 0.628. The largest absolute Gasteiger partial charge is 0.380 e. The van der Waals surface area contributed by atoms with E-state index in [1.807, 2.05) is 23.9 Å². The van der Waals surface area contributed by atoms with Gasteiger partial charge in [-0.05, 0) is 24.3 Å². The molecular formula is C19H15ClFN3. The summed E-state index contributed by atoms with van der Waals surface area (Å²) in [5.74, 6) is 5.68. The molecule has 1 aromatic carbocycles. The average Bonchev–Trinajstić information content (AvgIpc) is 2.90. The van der Waals surface area contributed by atoms with Crippen LogP contribution < -0.4 is 5.32 Å². The van der Waals surface area contributed by atoms with Crippen LogP contribution in [0, 0.1) is 17.7 Å². The molecule has 0 radical (unpaired) electrons. The minimum atomic E-state index is -0.450. The van der Waals surface area contributed by atoms with Crippen molar-refractivity contribution in [2.75, 3.05) is 11.9 Å². The van der Waals surface area contributed by atoms with Gasteiger partial charge in [0.25, 0.3) is 0 Å². The molecule has 0 spiro atoms. The molecule has 2 aromatic heterocycles. The molecule has 5 heteroatoms. The van der Waals surface area contributed by atoms with Crippen LogP contribution in [0.2, 0.25) is 5.02 Å². The fourth-order valence-corrected chi connectivity index (χ4v) is 2.54. The number of halogens is 2. The molecule has 120 valence electrons. The normalized spacial score (nSPS) is 10.3. The van der Waals surface area contributed by atoms with Crippen molar-refractivity contribution in [3.63, 3.8) is 0 Å². The van der Waals surface area contributed by atoms with Crippen LogP contribution in [0.4, 0.5) is 10.1 Å². The van der Waals surface area contributed by atoms with E-state index in [1.165, 1.54) is 12.1 Å². The van der Waals surface area contributed by atoms with Gasteiger partial charge < -0.3 is 9.88 Å². The van der Waals surface area contributed by atoms with Crippen molar-refractivity contribution < 1.29 is 4.39 Å². The molecule has 0 atom stereocenters. The second kappa shape index (κ2) is 6.77. The van der Waals surface area contributed by atoms with E-state index in [0.29, 0.717) is 12.1 Å². The minimum Gasteiger partial charge on any atom is -0.380 e. The van der Waals surface area contributed by atoms with Gasteiger partial charge in [0, 0.05) is 30.7 Å². The zero-order chi connectivity index (χ0) is 17.1. The molecule has 1 N–H and O–H groups in total. The predicted octanol–water partition coefficient (Wildman–Crippen LogP) is 4.36. The number of nitrogens with one attached hydrogen (secondary N) is 1. The Morgan fingerprint density at radius 1 is 1.38 bits per heavy atom. The minimum absolute atomic E-state index is 0.0669. The summed E-state index contributed by atoms with van der Waals surface area (Å²) >= 11 is 5.79. The highest BCUT2D eigenvalue weighted by Crippen LogP contribution is 2.22. The van der Waals surface area contributed by atoms with E-state index in [2.05, 4.69) is 28.7 Å². The zero-order valence-corrected chi connectivity index (χ0v) is 13.9. The van der Waals surface area contributed by atoms with Crippen molar-refractivity contribution in [3.8, 4) is 11.8 Å². The number of aromatic nitrogens is 2. The number of hydrogen-bond donors (Lipinski definition) is 1. The van der Waals surface area contributed by atoms with E-state index in [4.69, 9.17) is 11.6 Å². The second-order valence-electron chi connectivity index (χ2n) is 5.30. The Bertz CT molecular complexity index is 979. The highest BCUT2D eigenvalue weighted by Gasteiger charge is 2.07.